The molecule has 0 amide bonds. The van der Waals surface area contributed by atoms with E-state index in [2.05, 4.69) is 26.8 Å². The summed E-state index contributed by atoms with van der Waals surface area (Å²) in [6.07, 6.45) is 14.1. The Labute approximate surface area is 102 Å². The van der Waals surface area contributed by atoms with E-state index in [-0.39, 0.29) is 6.04 Å². The van der Waals surface area contributed by atoms with Crippen molar-refractivity contribution in [1.82, 2.24) is 0 Å². The second-order valence-electron chi connectivity index (χ2n) is 4.94. The highest BCUT2D eigenvalue weighted by molar-refractivity contribution is 5.02. The Morgan fingerprint density at radius 3 is 2.12 bits per heavy atom. The first kappa shape index (κ1) is 15.7. The van der Waals surface area contributed by atoms with Crippen molar-refractivity contribution in [2.24, 2.45) is 5.73 Å². The van der Waals surface area contributed by atoms with Crippen molar-refractivity contribution in [1.29, 1.82) is 0 Å². The van der Waals surface area contributed by atoms with E-state index in [4.69, 9.17) is 5.73 Å². The third-order valence-electron chi connectivity index (χ3n) is 3.20. The lowest BCUT2D eigenvalue weighted by Crippen LogP contribution is -2.17. The second-order valence-corrected chi connectivity index (χ2v) is 4.94. The van der Waals surface area contributed by atoms with Gasteiger partial charge in [0.15, 0.2) is 0 Å². The van der Waals surface area contributed by atoms with E-state index in [0.29, 0.717) is 0 Å². The average Bonchev–Trinajstić information content (AvgIpc) is 2.27. The van der Waals surface area contributed by atoms with E-state index in [1.807, 2.05) is 0 Å². The molecule has 0 rings (SSSR count). The van der Waals surface area contributed by atoms with Gasteiger partial charge in [0.1, 0.15) is 0 Å². The molecule has 0 heterocycles. The quantitative estimate of drug-likeness (QED) is 0.419. The molecule has 1 nitrogen and oxygen atoms in total. The maximum absolute atomic E-state index is 6.04. The monoisotopic (exact) mass is 225 g/mol. The van der Waals surface area contributed by atoms with Crippen molar-refractivity contribution in [3.8, 4) is 0 Å². The van der Waals surface area contributed by atoms with Crippen LogP contribution in [0.1, 0.15) is 78.6 Å². The summed E-state index contributed by atoms with van der Waals surface area (Å²) in [5, 5.41) is 0. The van der Waals surface area contributed by atoms with Gasteiger partial charge in [-0.05, 0) is 19.8 Å². The fraction of sp³-hybridized carbons (Fsp3) is 0.867. The Hall–Kier alpha value is -0.300. The number of hydrogen-bond donors (Lipinski definition) is 1. The lowest BCUT2D eigenvalue weighted by Gasteiger charge is -2.08. The molecule has 1 heteroatoms. The zero-order valence-electron chi connectivity index (χ0n) is 11.6. The molecule has 0 aromatic heterocycles. The molecule has 1 unspecified atom stereocenters. The molecule has 0 fully saturated rings. The number of hydrogen-bond acceptors (Lipinski definition) is 1. The maximum atomic E-state index is 6.04. The molecule has 0 saturated heterocycles. The molecule has 0 bridgehead atoms. The van der Waals surface area contributed by atoms with Gasteiger partial charge in [0.2, 0.25) is 0 Å². The van der Waals surface area contributed by atoms with E-state index >= 15 is 0 Å². The zero-order chi connectivity index (χ0) is 12.2. The lowest BCUT2D eigenvalue weighted by atomic mass is 10.0. The Balaban J connectivity index is 3.31. The van der Waals surface area contributed by atoms with Crippen molar-refractivity contribution >= 4 is 0 Å². The molecular weight excluding hydrogens is 194 g/mol. The first-order valence-electron chi connectivity index (χ1n) is 7.13. The number of unbranched alkanes of at least 4 members (excludes halogenated alkanes) is 6. The highest BCUT2D eigenvalue weighted by Crippen LogP contribution is 2.10. The van der Waals surface area contributed by atoms with Gasteiger partial charge >= 0.3 is 0 Å². The van der Waals surface area contributed by atoms with Gasteiger partial charge in [-0.3, -0.25) is 0 Å². The highest BCUT2D eigenvalue weighted by atomic mass is 14.6. The summed E-state index contributed by atoms with van der Waals surface area (Å²) in [7, 11) is 0. The Bertz CT molecular complexity index is 172. The van der Waals surface area contributed by atoms with Gasteiger partial charge in [-0.2, -0.15) is 0 Å². The largest absolute Gasteiger partial charge is 0.324 e. The third kappa shape index (κ3) is 10.2. The van der Waals surface area contributed by atoms with Gasteiger partial charge in [-0.25, -0.2) is 0 Å². The number of nitrogens with two attached hydrogens (primary N) is 1. The molecule has 0 spiro atoms. The van der Waals surface area contributed by atoms with Crippen LogP contribution in [-0.4, -0.2) is 6.04 Å². The molecule has 0 aliphatic carbocycles. The van der Waals surface area contributed by atoms with Crippen molar-refractivity contribution in [2.45, 2.75) is 84.6 Å². The molecular formula is C15H31N. The first-order valence-corrected chi connectivity index (χ1v) is 7.13. The Kier molecular flexibility index (Phi) is 11.0. The van der Waals surface area contributed by atoms with Crippen LogP contribution in [0.25, 0.3) is 0 Å². The minimum atomic E-state index is 0.288. The second kappa shape index (κ2) is 11.2. The van der Waals surface area contributed by atoms with Crippen LogP contribution in [0, 0.1) is 0 Å². The summed E-state index contributed by atoms with van der Waals surface area (Å²) in [5.74, 6) is 0. The molecule has 0 aromatic rings. The van der Waals surface area contributed by atoms with Crippen molar-refractivity contribution in [3.05, 3.63) is 11.6 Å². The Morgan fingerprint density at radius 1 is 1.00 bits per heavy atom. The number of rotatable bonds is 10. The van der Waals surface area contributed by atoms with Crippen LogP contribution in [0.4, 0.5) is 0 Å². The smallest absolute Gasteiger partial charge is 0.0226 e. The first-order chi connectivity index (χ1) is 7.70. The molecule has 0 aromatic carbocycles. The van der Waals surface area contributed by atoms with Crippen LogP contribution in [0.2, 0.25) is 0 Å². The standard InChI is InChI=1S/C15H31N/c1-4-6-7-8-9-10-11-12-15(16)13-14(3)5-2/h13,15H,4-12,16H2,1-3H3/b14-13+. The summed E-state index contributed by atoms with van der Waals surface area (Å²) in [6.45, 7) is 6.62. The Morgan fingerprint density at radius 2 is 1.56 bits per heavy atom. The maximum Gasteiger partial charge on any atom is 0.0226 e. The summed E-state index contributed by atoms with van der Waals surface area (Å²) < 4.78 is 0. The average molecular weight is 225 g/mol. The SMILES string of the molecule is CCCCCCCCCC(N)/C=C(\C)CC. The van der Waals surface area contributed by atoms with Gasteiger partial charge in [-0.1, -0.05) is 70.4 Å². The van der Waals surface area contributed by atoms with E-state index < -0.39 is 0 Å². The minimum Gasteiger partial charge on any atom is -0.324 e. The molecule has 16 heavy (non-hydrogen) atoms. The van der Waals surface area contributed by atoms with Crippen LogP contribution in [0.5, 0.6) is 0 Å². The van der Waals surface area contributed by atoms with Crippen molar-refractivity contribution in [2.75, 3.05) is 0 Å². The fourth-order valence-corrected chi connectivity index (χ4v) is 1.90. The van der Waals surface area contributed by atoms with Crippen molar-refractivity contribution in [3.63, 3.8) is 0 Å². The topological polar surface area (TPSA) is 26.0 Å². The zero-order valence-corrected chi connectivity index (χ0v) is 11.6. The summed E-state index contributed by atoms with van der Waals surface area (Å²) in [4.78, 5) is 0. The van der Waals surface area contributed by atoms with Gasteiger partial charge in [0.05, 0.1) is 0 Å². The van der Waals surface area contributed by atoms with Crippen LogP contribution >= 0.6 is 0 Å². The van der Waals surface area contributed by atoms with E-state index in [1.54, 1.807) is 0 Å². The van der Waals surface area contributed by atoms with Crippen molar-refractivity contribution < 1.29 is 0 Å². The summed E-state index contributed by atoms with van der Waals surface area (Å²) >= 11 is 0. The normalized spacial score (nSPS) is 14.1. The molecule has 0 aliphatic rings. The van der Waals surface area contributed by atoms with Gasteiger partial charge in [0.25, 0.3) is 0 Å². The molecule has 0 aliphatic heterocycles. The molecule has 1 atom stereocenters. The summed E-state index contributed by atoms with van der Waals surface area (Å²) in [5.41, 5.74) is 7.46. The highest BCUT2D eigenvalue weighted by Gasteiger charge is 1.98. The number of allylic oxidation sites excluding steroid dienone is 1. The van der Waals surface area contributed by atoms with Crippen LogP contribution in [0.3, 0.4) is 0 Å². The predicted molar refractivity (Wildman–Crippen MR) is 74.6 cm³/mol. The molecule has 0 radical (unpaired) electrons. The predicted octanol–water partition coefficient (Wildman–Crippen LogP) is 4.81. The van der Waals surface area contributed by atoms with Gasteiger partial charge in [0, 0.05) is 6.04 Å². The molecule has 96 valence electrons. The fourth-order valence-electron chi connectivity index (χ4n) is 1.90. The van der Waals surface area contributed by atoms with E-state index in [0.717, 1.165) is 12.8 Å². The van der Waals surface area contributed by atoms with Crippen LogP contribution in [0.15, 0.2) is 11.6 Å². The lowest BCUT2D eigenvalue weighted by molar-refractivity contribution is 0.560. The molecule has 2 N–H and O–H groups in total. The van der Waals surface area contributed by atoms with Gasteiger partial charge < -0.3 is 5.73 Å². The molecule has 0 saturated carbocycles. The van der Waals surface area contributed by atoms with Gasteiger partial charge in [-0.15, -0.1) is 0 Å². The minimum absolute atomic E-state index is 0.288. The van der Waals surface area contributed by atoms with Crippen LogP contribution < -0.4 is 5.73 Å². The van der Waals surface area contributed by atoms with E-state index in [1.165, 1.54) is 50.5 Å². The van der Waals surface area contributed by atoms with E-state index in [9.17, 15) is 0 Å². The van der Waals surface area contributed by atoms with Crippen LogP contribution in [-0.2, 0) is 0 Å². The third-order valence-corrected chi connectivity index (χ3v) is 3.20. The summed E-state index contributed by atoms with van der Waals surface area (Å²) in [6, 6.07) is 0.288.